The summed E-state index contributed by atoms with van der Waals surface area (Å²) in [5.41, 5.74) is 10.5. The molecule has 0 radical (unpaired) electrons. The maximum Gasteiger partial charge on any atom is 0.261 e. The Bertz CT molecular complexity index is 1280. The van der Waals surface area contributed by atoms with E-state index in [1.54, 1.807) is 0 Å². The normalized spacial score (nSPS) is 15.8. The molecular weight excluding hydrogens is 376 g/mol. The van der Waals surface area contributed by atoms with Crippen molar-refractivity contribution in [2.24, 2.45) is 0 Å². The van der Waals surface area contributed by atoms with Crippen molar-refractivity contribution in [3.63, 3.8) is 0 Å². The Balaban J connectivity index is 1.53. The Morgan fingerprint density at radius 3 is 2.67 bits per heavy atom. The SMILES string of the molecule is CN1CCC(N(C)c2ccc3nc(-c4c(N)c5ccccc5[nH]c4=O)[nH]c3c2)CC1. The van der Waals surface area contributed by atoms with E-state index in [-0.39, 0.29) is 5.56 Å². The lowest BCUT2D eigenvalue weighted by Crippen LogP contribution is -2.41. The zero-order valence-corrected chi connectivity index (χ0v) is 17.3. The van der Waals surface area contributed by atoms with Crippen LogP contribution in [-0.2, 0) is 0 Å². The number of benzene rings is 2. The minimum absolute atomic E-state index is 0.242. The lowest BCUT2D eigenvalue weighted by molar-refractivity contribution is 0.253. The molecule has 3 heterocycles. The lowest BCUT2D eigenvalue weighted by Gasteiger charge is -2.36. The number of aromatic amines is 2. The predicted molar refractivity (Wildman–Crippen MR) is 123 cm³/mol. The molecule has 0 amide bonds. The molecule has 1 aliphatic heterocycles. The molecule has 0 spiro atoms. The van der Waals surface area contributed by atoms with Crippen molar-refractivity contribution >= 4 is 33.3 Å². The fraction of sp³-hybridized carbons (Fsp3) is 0.304. The second-order valence-electron chi connectivity index (χ2n) is 8.22. The van der Waals surface area contributed by atoms with Crippen LogP contribution in [0.15, 0.2) is 47.3 Å². The third kappa shape index (κ3) is 3.11. The molecule has 2 aromatic carbocycles. The van der Waals surface area contributed by atoms with Crippen LogP contribution in [0.3, 0.4) is 0 Å². The summed E-state index contributed by atoms with van der Waals surface area (Å²) >= 11 is 0. The van der Waals surface area contributed by atoms with Gasteiger partial charge in [0.1, 0.15) is 11.4 Å². The van der Waals surface area contributed by atoms with Crippen molar-refractivity contribution in [2.45, 2.75) is 18.9 Å². The minimum Gasteiger partial charge on any atom is -0.397 e. The van der Waals surface area contributed by atoms with Gasteiger partial charge in [-0.1, -0.05) is 18.2 Å². The number of nitrogens with two attached hydrogens (primary N) is 1. The molecule has 154 valence electrons. The van der Waals surface area contributed by atoms with Gasteiger partial charge in [-0.3, -0.25) is 4.79 Å². The van der Waals surface area contributed by atoms with Crippen LogP contribution >= 0.6 is 0 Å². The number of fused-ring (bicyclic) bond motifs is 2. The van der Waals surface area contributed by atoms with Gasteiger partial charge in [0.15, 0.2) is 0 Å². The standard InChI is InChI=1S/C23H26N6O/c1-28-11-9-14(10-12-28)29(2)15-7-8-18-19(13-15)26-22(25-18)20-21(24)16-5-3-4-6-17(16)27-23(20)30/h3-8,13-14H,9-12H2,1-2H3,(H,25,26)(H3,24,27,30). The third-order valence-electron chi connectivity index (χ3n) is 6.31. The van der Waals surface area contributed by atoms with Gasteiger partial charge in [-0.2, -0.15) is 0 Å². The Kier molecular flexibility index (Phi) is 4.47. The molecule has 1 fully saturated rings. The summed E-state index contributed by atoms with van der Waals surface area (Å²) in [6, 6.07) is 14.3. The Morgan fingerprint density at radius 1 is 1.10 bits per heavy atom. The Morgan fingerprint density at radius 2 is 1.87 bits per heavy atom. The first-order chi connectivity index (χ1) is 14.5. The number of aromatic nitrogens is 3. The van der Waals surface area contributed by atoms with E-state index in [9.17, 15) is 4.79 Å². The molecule has 7 nitrogen and oxygen atoms in total. The van der Waals surface area contributed by atoms with Gasteiger partial charge in [0, 0.05) is 24.2 Å². The fourth-order valence-electron chi connectivity index (χ4n) is 4.43. The number of anilines is 2. The first-order valence-corrected chi connectivity index (χ1v) is 10.3. The lowest BCUT2D eigenvalue weighted by atomic mass is 10.0. The van der Waals surface area contributed by atoms with E-state index >= 15 is 0 Å². The molecule has 5 rings (SSSR count). The van der Waals surface area contributed by atoms with Crippen molar-refractivity contribution < 1.29 is 0 Å². The van der Waals surface area contributed by atoms with Gasteiger partial charge < -0.3 is 25.5 Å². The summed E-state index contributed by atoms with van der Waals surface area (Å²) in [5.74, 6) is 0.494. The number of hydrogen-bond acceptors (Lipinski definition) is 5. The van der Waals surface area contributed by atoms with E-state index in [2.05, 4.69) is 51.0 Å². The van der Waals surface area contributed by atoms with Crippen LogP contribution in [0.25, 0.3) is 33.3 Å². The van der Waals surface area contributed by atoms with E-state index in [4.69, 9.17) is 5.73 Å². The zero-order valence-electron chi connectivity index (χ0n) is 17.3. The number of nitrogen functional groups attached to an aromatic ring is 1. The van der Waals surface area contributed by atoms with Crippen molar-refractivity contribution in [1.82, 2.24) is 19.9 Å². The van der Waals surface area contributed by atoms with Gasteiger partial charge in [-0.05, 0) is 57.2 Å². The van der Waals surface area contributed by atoms with Crippen molar-refractivity contribution in [3.8, 4) is 11.4 Å². The summed E-state index contributed by atoms with van der Waals surface area (Å²) < 4.78 is 0. The van der Waals surface area contributed by atoms with Gasteiger partial charge in [-0.25, -0.2) is 4.98 Å². The topological polar surface area (TPSA) is 94.0 Å². The molecule has 30 heavy (non-hydrogen) atoms. The maximum absolute atomic E-state index is 12.7. The highest BCUT2D eigenvalue weighted by Gasteiger charge is 2.22. The molecular formula is C23H26N6O. The molecule has 0 aliphatic carbocycles. The number of hydrogen-bond donors (Lipinski definition) is 3. The Labute approximate surface area is 174 Å². The largest absolute Gasteiger partial charge is 0.397 e. The van der Waals surface area contributed by atoms with Crippen LogP contribution in [0.1, 0.15) is 12.8 Å². The number of H-pyrrole nitrogens is 2. The number of para-hydroxylation sites is 1. The molecule has 7 heteroatoms. The second-order valence-corrected chi connectivity index (χ2v) is 8.22. The number of pyridine rings is 1. The molecule has 0 saturated carbocycles. The van der Waals surface area contributed by atoms with Crippen LogP contribution in [-0.4, -0.2) is 53.1 Å². The van der Waals surface area contributed by atoms with Crippen molar-refractivity contribution in [3.05, 3.63) is 52.8 Å². The molecule has 4 aromatic rings. The summed E-state index contributed by atoms with van der Waals surface area (Å²) in [7, 11) is 4.33. The van der Waals surface area contributed by atoms with Gasteiger partial charge in [0.2, 0.25) is 0 Å². The smallest absolute Gasteiger partial charge is 0.261 e. The molecule has 1 aliphatic rings. The molecule has 0 bridgehead atoms. The highest BCUT2D eigenvalue weighted by molar-refractivity contribution is 5.97. The van der Waals surface area contributed by atoms with E-state index in [1.165, 1.54) is 0 Å². The summed E-state index contributed by atoms with van der Waals surface area (Å²) in [5, 5.41) is 0.815. The van der Waals surface area contributed by atoms with Crippen LogP contribution in [0.4, 0.5) is 11.4 Å². The van der Waals surface area contributed by atoms with Gasteiger partial charge >= 0.3 is 0 Å². The van der Waals surface area contributed by atoms with Gasteiger partial charge in [0.25, 0.3) is 5.56 Å². The quantitative estimate of drug-likeness (QED) is 0.489. The first-order valence-electron chi connectivity index (χ1n) is 10.3. The first kappa shape index (κ1) is 18.7. The van der Waals surface area contributed by atoms with Crippen LogP contribution in [0, 0.1) is 0 Å². The van der Waals surface area contributed by atoms with E-state index < -0.39 is 0 Å². The predicted octanol–water partition coefficient (Wildman–Crippen LogP) is 3.18. The van der Waals surface area contributed by atoms with E-state index in [1.807, 2.05) is 30.3 Å². The number of nitrogens with zero attached hydrogens (tertiary/aromatic N) is 3. The summed E-state index contributed by atoms with van der Waals surface area (Å²) in [4.78, 5) is 28.3. The molecule has 2 aromatic heterocycles. The number of rotatable bonds is 3. The van der Waals surface area contributed by atoms with Crippen LogP contribution in [0.2, 0.25) is 0 Å². The number of imidazole rings is 1. The third-order valence-corrected chi connectivity index (χ3v) is 6.31. The van der Waals surface area contributed by atoms with Gasteiger partial charge in [0.05, 0.1) is 22.2 Å². The zero-order chi connectivity index (χ0) is 20.8. The monoisotopic (exact) mass is 402 g/mol. The number of nitrogens with one attached hydrogen (secondary N) is 2. The molecule has 4 N–H and O–H groups in total. The molecule has 0 unspecified atom stereocenters. The highest BCUT2D eigenvalue weighted by Crippen LogP contribution is 2.30. The van der Waals surface area contributed by atoms with Crippen LogP contribution in [0.5, 0.6) is 0 Å². The molecule has 1 saturated heterocycles. The maximum atomic E-state index is 12.7. The van der Waals surface area contributed by atoms with Gasteiger partial charge in [-0.15, -0.1) is 0 Å². The summed E-state index contributed by atoms with van der Waals surface area (Å²) in [6.07, 6.45) is 2.31. The van der Waals surface area contributed by atoms with Crippen molar-refractivity contribution in [2.75, 3.05) is 37.8 Å². The fourth-order valence-corrected chi connectivity index (χ4v) is 4.43. The highest BCUT2D eigenvalue weighted by atomic mass is 16.1. The molecule has 0 atom stereocenters. The van der Waals surface area contributed by atoms with E-state index in [0.29, 0.717) is 23.1 Å². The van der Waals surface area contributed by atoms with E-state index in [0.717, 1.165) is 53.6 Å². The average molecular weight is 403 g/mol. The Hall–Kier alpha value is -3.32. The van der Waals surface area contributed by atoms with Crippen molar-refractivity contribution in [1.29, 1.82) is 0 Å². The summed E-state index contributed by atoms with van der Waals surface area (Å²) in [6.45, 7) is 2.24. The number of likely N-dealkylation sites (tertiary alicyclic amines) is 1. The second kappa shape index (κ2) is 7.18. The minimum atomic E-state index is -0.242. The van der Waals surface area contributed by atoms with Crippen LogP contribution < -0.4 is 16.2 Å². The average Bonchev–Trinajstić information content (AvgIpc) is 3.16. The number of piperidine rings is 1.